The van der Waals surface area contributed by atoms with E-state index in [2.05, 4.69) is 38.1 Å². The summed E-state index contributed by atoms with van der Waals surface area (Å²) in [5, 5.41) is 0. The average Bonchev–Trinajstić information content (AvgIpc) is 2.52. The van der Waals surface area contributed by atoms with Gasteiger partial charge in [-0.15, -0.1) is 0 Å². The summed E-state index contributed by atoms with van der Waals surface area (Å²) in [5.41, 5.74) is 3.08. The third-order valence-corrected chi connectivity index (χ3v) is 3.54. The third-order valence-electron chi connectivity index (χ3n) is 3.54. The molecule has 0 saturated carbocycles. The van der Waals surface area contributed by atoms with Gasteiger partial charge >= 0.3 is 0 Å². The molecular weight excluding hydrogens is 274 g/mol. The molecule has 0 radical (unpaired) electrons. The maximum Gasteiger partial charge on any atom is 0.253 e. The lowest BCUT2D eigenvalue weighted by Crippen LogP contribution is -2.21. The van der Waals surface area contributed by atoms with Crippen molar-refractivity contribution >= 4 is 5.91 Å². The minimum atomic E-state index is -0.0215. The Morgan fingerprint density at radius 1 is 1.09 bits per heavy atom. The standard InChI is InChI=1S/C19H23NO2/c1-14(2)16-10-8-15(9-11-16)13-22-18-7-5-6-17(12-18)19(21)20(3)4/h5-12,14H,13H2,1-4H3. The first-order valence-corrected chi connectivity index (χ1v) is 7.50. The highest BCUT2D eigenvalue weighted by molar-refractivity contribution is 5.94. The van der Waals surface area contributed by atoms with Gasteiger partial charge in [-0.3, -0.25) is 4.79 Å². The van der Waals surface area contributed by atoms with Crippen LogP contribution in [0.5, 0.6) is 5.75 Å². The van der Waals surface area contributed by atoms with E-state index in [1.807, 2.05) is 12.1 Å². The van der Waals surface area contributed by atoms with E-state index in [9.17, 15) is 4.79 Å². The van der Waals surface area contributed by atoms with Crippen LogP contribution in [-0.4, -0.2) is 24.9 Å². The molecule has 0 aliphatic carbocycles. The Hall–Kier alpha value is -2.29. The molecule has 116 valence electrons. The Morgan fingerprint density at radius 3 is 2.36 bits per heavy atom. The van der Waals surface area contributed by atoms with Gasteiger partial charge in [-0.25, -0.2) is 0 Å². The second kappa shape index (κ2) is 7.12. The number of carbonyl (C=O) groups is 1. The van der Waals surface area contributed by atoms with E-state index in [1.54, 1.807) is 31.1 Å². The first kappa shape index (κ1) is 16.1. The zero-order valence-electron chi connectivity index (χ0n) is 13.7. The second-order valence-electron chi connectivity index (χ2n) is 5.91. The number of carbonyl (C=O) groups excluding carboxylic acids is 1. The molecule has 0 saturated heterocycles. The maximum absolute atomic E-state index is 11.9. The predicted octanol–water partition coefficient (Wildman–Crippen LogP) is 4.09. The van der Waals surface area contributed by atoms with E-state index in [-0.39, 0.29) is 5.91 Å². The molecule has 1 amide bonds. The fourth-order valence-electron chi connectivity index (χ4n) is 2.14. The van der Waals surface area contributed by atoms with Crippen LogP contribution >= 0.6 is 0 Å². The highest BCUT2D eigenvalue weighted by Gasteiger charge is 2.08. The monoisotopic (exact) mass is 297 g/mol. The van der Waals surface area contributed by atoms with Gasteiger partial charge in [-0.05, 0) is 35.2 Å². The van der Waals surface area contributed by atoms with Crippen LogP contribution in [-0.2, 0) is 6.61 Å². The van der Waals surface area contributed by atoms with Gasteiger partial charge < -0.3 is 9.64 Å². The summed E-state index contributed by atoms with van der Waals surface area (Å²) in [6, 6.07) is 15.7. The van der Waals surface area contributed by atoms with Gasteiger partial charge in [0.1, 0.15) is 12.4 Å². The van der Waals surface area contributed by atoms with E-state index in [1.165, 1.54) is 5.56 Å². The molecule has 0 aromatic heterocycles. The molecule has 2 aromatic carbocycles. The third kappa shape index (κ3) is 4.10. The Bertz CT molecular complexity index is 630. The fraction of sp³-hybridized carbons (Fsp3) is 0.316. The lowest BCUT2D eigenvalue weighted by molar-refractivity contribution is 0.0827. The molecule has 0 unspecified atom stereocenters. The highest BCUT2D eigenvalue weighted by Crippen LogP contribution is 2.18. The molecule has 0 atom stereocenters. The quantitative estimate of drug-likeness (QED) is 0.832. The van der Waals surface area contributed by atoms with Crippen LogP contribution in [0.4, 0.5) is 0 Å². The van der Waals surface area contributed by atoms with E-state index in [4.69, 9.17) is 4.74 Å². The van der Waals surface area contributed by atoms with Crippen LogP contribution < -0.4 is 4.74 Å². The minimum Gasteiger partial charge on any atom is -0.489 e. The molecule has 22 heavy (non-hydrogen) atoms. The number of benzene rings is 2. The topological polar surface area (TPSA) is 29.5 Å². The van der Waals surface area contributed by atoms with Crippen LogP contribution in [0.15, 0.2) is 48.5 Å². The number of nitrogens with zero attached hydrogens (tertiary/aromatic N) is 1. The van der Waals surface area contributed by atoms with Crippen molar-refractivity contribution in [3.8, 4) is 5.75 Å². The van der Waals surface area contributed by atoms with Crippen LogP contribution in [0.25, 0.3) is 0 Å². The predicted molar refractivity (Wildman–Crippen MR) is 89.3 cm³/mol. The normalized spacial score (nSPS) is 10.6. The van der Waals surface area contributed by atoms with Crippen molar-refractivity contribution in [2.75, 3.05) is 14.1 Å². The van der Waals surface area contributed by atoms with Gasteiger partial charge in [0, 0.05) is 19.7 Å². The summed E-state index contributed by atoms with van der Waals surface area (Å²) in [6.07, 6.45) is 0. The average molecular weight is 297 g/mol. The van der Waals surface area contributed by atoms with Crippen molar-refractivity contribution in [1.82, 2.24) is 4.90 Å². The summed E-state index contributed by atoms with van der Waals surface area (Å²) in [4.78, 5) is 13.5. The van der Waals surface area contributed by atoms with E-state index in [0.717, 1.165) is 5.56 Å². The molecule has 0 N–H and O–H groups in total. The van der Waals surface area contributed by atoms with E-state index in [0.29, 0.717) is 23.8 Å². The smallest absolute Gasteiger partial charge is 0.253 e. The summed E-state index contributed by atoms with van der Waals surface area (Å²) in [7, 11) is 3.48. The molecule has 2 aromatic rings. The van der Waals surface area contributed by atoms with E-state index >= 15 is 0 Å². The highest BCUT2D eigenvalue weighted by atomic mass is 16.5. The van der Waals surface area contributed by atoms with Crippen molar-refractivity contribution in [3.05, 3.63) is 65.2 Å². The summed E-state index contributed by atoms with van der Waals surface area (Å²) in [6.45, 7) is 4.86. The number of amides is 1. The van der Waals surface area contributed by atoms with Gasteiger partial charge in [0.25, 0.3) is 5.91 Å². The fourth-order valence-corrected chi connectivity index (χ4v) is 2.14. The number of rotatable bonds is 5. The molecule has 3 nitrogen and oxygen atoms in total. The molecular formula is C19H23NO2. The molecule has 2 rings (SSSR count). The number of hydrogen-bond acceptors (Lipinski definition) is 2. The molecule has 0 aliphatic heterocycles. The van der Waals surface area contributed by atoms with Crippen molar-refractivity contribution in [3.63, 3.8) is 0 Å². The first-order chi connectivity index (χ1) is 10.5. The van der Waals surface area contributed by atoms with Crippen molar-refractivity contribution in [2.45, 2.75) is 26.4 Å². The SMILES string of the molecule is CC(C)c1ccc(COc2cccc(C(=O)N(C)C)c2)cc1. The van der Waals surface area contributed by atoms with Crippen LogP contribution in [0.1, 0.15) is 41.3 Å². The Labute approximate surface area is 132 Å². The molecule has 3 heteroatoms. The van der Waals surface area contributed by atoms with Gasteiger partial charge in [0.15, 0.2) is 0 Å². The Balaban J connectivity index is 2.02. The van der Waals surface area contributed by atoms with Crippen molar-refractivity contribution < 1.29 is 9.53 Å². The van der Waals surface area contributed by atoms with Gasteiger partial charge in [0.2, 0.25) is 0 Å². The molecule has 0 fully saturated rings. The largest absolute Gasteiger partial charge is 0.489 e. The lowest BCUT2D eigenvalue weighted by Gasteiger charge is -2.12. The zero-order chi connectivity index (χ0) is 16.1. The second-order valence-corrected chi connectivity index (χ2v) is 5.91. The summed E-state index contributed by atoms with van der Waals surface area (Å²) in [5.74, 6) is 1.22. The number of hydrogen-bond donors (Lipinski definition) is 0. The molecule has 0 spiro atoms. The molecule has 0 aliphatic rings. The first-order valence-electron chi connectivity index (χ1n) is 7.50. The van der Waals surface area contributed by atoms with Gasteiger partial charge in [-0.2, -0.15) is 0 Å². The molecule has 0 heterocycles. The molecule has 0 bridgehead atoms. The van der Waals surface area contributed by atoms with Crippen LogP contribution in [0, 0.1) is 0 Å². The summed E-state index contributed by atoms with van der Waals surface area (Å²) < 4.78 is 5.79. The number of ether oxygens (including phenoxy) is 1. The van der Waals surface area contributed by atoms with Gasteiger partial charge in [-0.1, -0.05) is 44.2 Å². The van der Waals surface area contributed by atoms with E-state index < -0.39 is 0 Å². The minimum absolute atomic E-state index is 0.0215. The Morgan fingerprint density at radius 2 is 1.77 bits per heavy atom. The van der Waals surface area contributed by atoms with Crippen molar-refractivity contribution in [2.24, 2.45) is 0 Å². The van der Waals surface area contributed by atoms with Crippen LogP contribution in [0.2, 0.25) is 0 Å². The van der Waals surface area contributed by atoms with Crippen molar-refractivity contribution in [1.29, 1.82) is 0 Å². The lowest BCUT2D eigenvalue weighted by atomic mass is 10.0. The maximum atomic E-state index is 11.9. The summed E-state index contributed by atoms with van der Waals surface area (Å²) >= 11 is 0. The van der Waals surface area contributed by atoms with Crippen LogP contribution in [0.3, 0.4) is 0 Å². The zero-order valence-corrected chi connectivity index (χ0v) is 13.7. The van der Waals surface area contributed by atoms with Gasteiger partial charge in [0.05, 0.1) is 0 Å². The Kier molecular flexibility index (Phi) is 5.21.